The highest BCUT2D eigenvalue weighted by molar-refractivity contribution is 5.44. The Kier molecular flexibility index (Phi) is 4.61. The molecule has 2 heteroatoms. The topological polar surface area (TPSA) is 23.5 Å². The minimum Gasteiger partial charge on any atom is -0.508 e. The molecule has 1 saturated heterocycles. The summed E-state index contributed by atoms with van der Waals surface area (Å²) in [7, 11) is 0. The molecular formula is C21H31NO. The molecule has 0 bridgehead atoms. The number of fused-ring (bicyclic) bond motifs is 3. The molecule has 2 unspecified atom stereocenters. The molecule has 0 aromatic heterocycles. The largest absolute Gasteiger partial charge is 0.508 e. The van der Waals surface area contributed by atoms with E-state index in [1.165, 1.54) is 82.0 Å². The summed E-state index contributed by atoms with van der Waals surface area (Å²) >= 11 is 0. The average molecular weight is 313 g/mol. The summed E-state index contributed by atoms with van der Waals surface area (Å²) in [6, 6.07) is 6.88. The van der Waals surface area contributed by atoms with Crippen molar-refractivity contribution in [2.24, 2.45) is 5.92 Å². The lowest BCUT2D eigenvalue weighted by Gasteiger charge is -2.34. The highest BCUT2D eigenvalue weighted by Gasteiger charge is 2.38. The van der Waals surface area contributed by atoms with E-state index in [0.717, 1.165) is 18.4 Å². The Labute approximate surface area is 140 Å². The summed E-state index contributed by atoms with van der Waals surface area (Å²) in [4.78, 5) is 2.76. The van der Waals surface area contributed by atoms with Crippen LogP contribution in [0.15, 0.2) is 18.2 Å². The number of likely N-dealkylation sites (tertiary alicyclic amines) is 1. The first-order valence-electron chi connectivity index (χ1n) is 9.88. The lowest BCUT2D eigenvalue weighted by Crippen LogP contribution is -2.35. The van der Waals surface area contributed by atoms with Gasteiger partial charge in [0.15, 0.2) is 0 Å². The van der Waals surface area contributed by atoms with Crippen molar-refractivity contribution in [3.63, 3.8) is 0 Å². The normalized spacial score (nSPS) is 28.5. The zero-order chi connectivity index (χ0) is 15.6. The molecule has 126 valence electrons. The van der Waals surface area contributed by atoms with Crippen LogP contribution in [0.2, 0.25) is 0 Å². The molecule has 0 spiro atoms. The number of rotatable bonds is 4. The zero-order valence-corrected chi connectivity index (χ0v) is 14.3. The van der Waals surface area contributed by atoms with Crippen LogP contribution in [0.4, 0.5) is 0 Å². The maximum atomic E-state index is 10.1. The van der Waals surface area contributed by atoms with Gasteiger partial charge in [-0.1, -0.05) is 44.2 Å². The van der Waals surface area contributed by atoms with Crippen molar-refractivity contribution in [3.05, 3.63) is 29.3 Å². The van der Waals surface area contributed by atoms with Gasteiger partial charge in [-0.05, 0) is 68.3 Å². The maximum Gasteiger partial charge on any atom is 0.119 e. The number of hydrogen-bond donors (Lipinski definition) is 1. The Bertz CT molecular complexity index is 535. The van der Waals surface area contributed by atoms with Gasteiger partial charge in [0.05, 0.1) is 0 Å². The van der Waals surface area contributed by atoms with E-state index in [1.807, 2.05) is 12.1 Å². The Morgan fingerprint density at radius 1 is 1.04 bits per heavy atom. The van der Waals surface area contributed by atoms with Crippen LogP contribution in [0.5, 0.6) is 5.75 Å². The minimum atomic E-state index is 0.525. The van der Waals surface area contributed by atoms with Crippen LogP contribution in [-0.2, 0) is 6.42 Å². The van der Waals surface area contributed by atoms with Gasteiger partial charge in [-0.15, -0.1) is 0 Å². The van der Waals surface area contributed by atoms with E-state index in [0.29, 0.717) is 11.7 Å². The quantitative estimate of drug-likeness (QED) is 0.858. The van der Waals surface area contributed by atoms with E-state index in [1.54, 1.807) is 0 Å². The molecule has 0 amide bonds. The second kappa shape index (κ2) is 6.84. The fourth-order valence-electron chi connectivity index (χ4n) is 5.50. The third kappa shape index (κ3) is 3.15. The molecule has 1 aromatic carbocycles. The highest BCUT2D eigenvalue weighted by Crippen LogP contribution is 2.44. The van der Waals surface area contributed by atoms with Crippen molar-refractivity contribution >= 4 is 0 Å². The first-order valence-corrected chi connectivity index (χ1v) is 9.88. The Morgan fingerprint density at radius 3 is 2.78 bits per heavy atom. The molecule has 1 N–H and O–H groups in total. The van der Waals surface area contributed by atoms with Gasteiger partial charge in [-0.3, -0.25) is 4.90 Å². The third-order valence-corrected chi connectivity index (χ3v) is 6.72. The fraction of sp³-hybridized carbons (Fsp3) is 0.714. The molecule has 1 saturated carbocycles. The molecule has 2 nitrogen and oxygen atoms in total. The van der Waals surface area contributed by atoms with Gasteiger partial charge in [-0.25, -0.2) is 0 Å². The molecule has 23 heavy (non-hydrogen) atoms. The number of hydrogen-bond acceptors (Lipinski definition) is 2. The average Bonchev–Trinajstić information content (AvgIpc) is 3.00. The molecule has 2 fully saturated rings. The third-order valence-electron chi connectivity index (χ3n) is 6.72. The molecule has 4 rings (SSSR count). The number of aromatic hydroxyl groups is 1. The fourth-order valence-corrected chi connectivity index (χ4v) is 5.50. The molecule has 3 aliphatic rings. The second-order valence-electron chi connectivity index (χ2n) is 8.03. The van der Waals surface area contributed by atoms with Gasteiger partial charge in [0.1, 0.15) is 5.75 Å². The highest BCUT2D eigenvalue weighted by atomic mass is 16.3. The summed E-state index contributed by atoms with van der Waals surface area (Å²) in [6.45, 7) is 2.56. The van der Waals surface area contributed by atoms with Crippen LogP contribution in [0.3, 0.4) is 0 Å². The van der Waals surface area contributed by atoms with Crippen molar-refractivity contribution in [3.8, 4) is 5.75 Å². The molecule has 2 aliphatic carbocycles. The molecular weight excluding hydrogens is 282 g/mol. The van der Waals surface area contributed by atoms with Crippen LogP contribution < -0.4 is 0 Å². The van der Waals surface area contributed by atoms with E-state index in [-0.39, 0.29) is 0 Å². The summed E-state index contributed by atoms with van der Waals surface area (Å²) < 4.78 is 0. The lowest BCUT2D eigenvalue weighted by atomic mass is 9.79. The summed E-state index contributed by atoms with van der Waals surface area (Å²) in [6.07, 6.45) is 13.8. The monoisotopic (exact) mass is 313 g/mol. The Balaban J connectivity index is 1.34. The zero-order valence-electron chi connectivity index (χ0n) is 14.3. The van der Waals surface area contributed by atoms with E-state index < -0.39 is 0 Å². The number of phenolic OH excluding ortho intramolecular Hbond substituents is 1. The summed E-state index contributed by atoms with van der Waals surface area (Å²) in [5.41, 5.74) is 2.67. The van der Waals surface area contributed by atoms with E-state index in [2.05, 4.69) is 11.0 Å². The molecule has 2 atom stereocenters. The summed E-state index contributed by atoms with van der Waals surface area (Å²) in [5, 5.41) is 10.1. The first kappa shape index (κ1) is 15.5. The second-order valence-corrected chi connectivity index (χ2v) is 8.03. The van der Waals surface area contributed by atoms with E-state index in [9.17, 15) is 5.11 Å². The first-order chi connectivity index (χ1) is 11.3. The van der Waals surface area contributed by atoms with Crippen molar-refractivity contribution in [2.45, 2.75) is 76.2 Å². The molecule has 1 aliphatic heterocycles. The van der Waals surface area contributed by atoms with Crippen LogP contribution in [0.1, 0.15) is 74.8 Å². The van der Waals surface area contributed by atoms with E-state index in [4.69, 9.17) is 0 Å². The standard InChI is InChI=1S/C21H31NO/c23-21-10-4-9-17-18-13-15-22(20(18)12-11-19(17)21)14-5-8-16-6-2-1-3-7-16/h4,9-10,16,18,20,23H,1-3,5-8,11-15H2. The Morgan fingerprint density at radius 2 is 1.91 bits per heavy atom. The Hall–Kier alpha value is -1.02. The van der Waals surface area contributed by atoms with Gasteiger partial charge in [0.25, 0.3) is 0 Å². The predicted octanol–water partition coefficient (Wildman–Crippen LogP) is 4.86. The maximum absolute atomic E-state index is 10.1. The van der Waals surface area contributed by atoms with Crippen LogP contribution >= 0.6 is 0 Å². The van der Waals surface area contributed by atoms with Crippen molar-refractivity contribution in [2.75, 3.05) is 13.1 Å². The molecule has 1 aromatic rings. The predicted molar refractivity (Wildman–Crippen MR) is 95.0 cm³/mol. The molecule has 1 heterocycles. The molecule has 0 radical (unpaired) electrons. The smallest absolute Gasteiger partial charge is 0.119 e. The van der Waals surface area contributed by atoms with Crippen LogP contribution in [-0.4, -0.2) is 29.1 Å². The SMILES string of the molecule is Oc1cccc2c1CCC1C2CCN1CCCC1CCCCC1. The van der Waals surface area contributed by atoms with Crippen molar-refractivity contribution in [1.29, 1.82) is 0 Å². The summed E-state index contributed by atoms with van der Waals surface area (Å²) in [5.74, 6) is 2.21. The van der Waals surface area contributed by atoms with Gasteiger partial charge in [0.2, 0.25) is 0 Å². The van der Waals surface area contributed by atoms with Gasteiger partial charge < -0.3 is 5.11 Å². The van der Waals surface area contributed by atoms with Gasteiger partial charge in [0, 0.05) is 12.0 Å². The number of nitrogens with zero attached hydrogens (tertiary/aromatic N) is 1. The van der Waals surface area contributed by atoms with Crippen LogP contribution in [0.25, 0.3) is 0 Å². The van der Waals surface area contributed by atoms with Crippen molar-refractivity contribution < 1.29 is 5.11 Å². The number of phenols is 1. The van der Waals surface area contributed by atoms with E-state index >= 15 is 0 Å². The number of benzene rings is 1. The lowest BCUT2D eigenvalue weighted by molar-refractivity contribution is 0.212. The van der Waals surface area contributed by atoms with Crippen molar-refractivity contribution in [1.82, 2.24) is 4.90 Å². The van der Waals surface area contributed by atoms with Gasteiger partial charge in [-0.2, -0.15) is 0 Å². The minimum absolute atomic E-state index is 0.525. The van der Waals surface area contributed by atoms with Crippen LogP contribution in [0, 0.1) is 5.92 Å². The van der Waals surface area contributed by atoms with Gasteiger partial charge >= 0.3 is 0 Å².